The van der Waals surface area contributed by atoms with E-state index < -0.39 is 0 Å². The van der Waals surface area contributed by atoms with Crippen LogP contribution in [0.3, 0.4) is 0 Å². The molecule has 0 radical (unpaired) electrons. The molecular weight excluding hydrogens is 347 g/mol. The number of benzene rings is 1. The monoisotopic (exact) mass is 364 g/mol. The maximum absolute atomic E-state index is 12.3. The van der Waals surface area contributed by atoms with Crippen molar-refractivity contribution in [2.45, 2.75) is 19.8 Å². The van der Waals surface area contributed by atoms with Gasteiger partial charge in [0.15, 0.2) is 0 Å². The summed E-state index contributed by atoms with van der Waals surface area (Å²) in [5.74, 6) is 1.22. The summed E-state index contributed by atoms with van der Waals surface area (Å²) in [6, 6.07) is 4.86. The number of rotatable bonds is 3. The zero-order chi connectivity index (χ0) is 17.1. The van der Waals surface area contributed by atoms with Crippen LogP contribution in [0.15, 0.2) is 30.6 Å². The molecule has 2 heterocycles. The molecule has 3 rings (SSSR count). The van der Waals surface area contributed by atoms with Crippen LogP contribution >= 0.6 is 23.2 Å². The first kappa shape index (κ1) is 17.0. The largest absolute Gasteiger partial charge is 0.355 e. The van der Waals surface area contributed by atoms with Crippen LogP contribution in [-0.2, 0) is 0 Å². The molecule has 1 fully saturated rings. The quantitative estimate of drug-likeness (QED) is 0.883. The van der Waals surface area contributed by atoms with Crippen LogP contribution in [0.4, 0.5) is 11.5 Å². The molecule has 24 heavy (non-hydrogen) atoms. The van der Waals surface area contributed by atoms with E-state index in [0.717, 1.165) is 37.7 Å². The van der Waals surface area contributed by atoms with Crippen molar-refractivity contribution >= 4 is 40.6 Å². The number of hydrogen-bond acceptors (Lipinski definition) is 4. The fourth-order valence-corrected chi connectivity index (χ4v) is 3.19. The molecule has 1 aromatic heterocycles. The Morgan fingerprint density at radius 3 is 2.38 bits per heavy atom. The summed E-state index contributed by atoms with van der Waals surface area (Å²) in [4.78, 5) is 23.1. The molecule has 0 atom stereocenters. The molecule has 0 saturated carbocycles. The number of aromatic nitrogens is 2. The summed E-state index contributed by atoms with van der Waals surface area (Å²) in [5, 5.41) is 3.63. The lowest BCUT2D eigenvalue weighted by Gasteiger charge is -2.30. The lowest BCUT2D eigenvalue weighted by molar-refractivity contribution is 0.102. The summed E-state index contributed by atoms with van der Waals surface area (Å²) in [7, 11) is 0. The zero-order valence-corrected chi connectivity index (χ0v) is 14.8. The van der Waals surface area contributed by atoms with E-state index in [0.29, 0.717) is 15.7 Å². The first-order chi connectivity index (χ1) is 11.5. The highest BCUT2D eigenvalue weighted by Gasteiger charge is 2.18. The molecule has 0 spiro atoms. The lowest BCUT2D eigenvalue weighted by atomic mass is 9.99. The highest BCUT2D eigenvalue weighted by Crippen LogP contribution is 2.23. The summed E-state index contributed by atoms with van der Waals surface area (Å²) in [6.45, 7) is 4.21. The van der Waals surface area contributed by atoms with E-state index in [2.05, 4.69) is 27.1 Å². The number of anilines is 2. The van der Waals surface area contributed by atoms with Crippen molar-refractivity contribution in [2.24, 2.45) is 5.92 Å². The molecule has 0 aliphatic carbocycles. The highest BCUT2D eigenvalue weighted by molar-refractivity contribution is 6.35. The van der Waals surface area contributed by atoms with E-state index in [-0.39, 0.29) is 11.6 Å². The van der Waals surface area contributed by atoms with E-state index in [4.69, 9.17) is 23.2 Å². The van der Waals surface area contributed by atoms with Crippen LogP contribution in [0, 0.1) is 5.92 Å². The van der Waals surface area contributed by atoms with Crippen molar-refractivity contribution in [2.75, 3.05) is 23.3 Å². The predicted octanol–water partition coefficient (Wildman–Crippen LogP) is 4.27. The van der Waals surface area contributed by atoms with E-state index in [1.54, 1.807) is 24.4 Å². The molecule has 0 bridgehead atoms. The summed E-state index contributed by atoms with van der Waals surface area (Å²) in [5.41, 5.74) is 0.772. The van der Waals surface area contributed by atoms with Crippen LogP contribution in [0.1, 0.15) is 30.3 Å². The molecule has 1 N–H and O–H groups in total. The maximum atomic E-state index is 12.3. The Hall–Kier alpha value is -1.85. The topological polar surface area (TPSA) is 58.1 Å². The molecule has 5 nitrogen and oxygen atoms in total. The summed E-state index contributed by atoms with van der Waals surface area (Å²) < 4.78 is 0. The smallest absolute Gasteiger partial charge is 0.275 e. The fourth-order valence-electron chi connectivity index (χ4n) is 2.66. The summed E-state index contributed by atoms with van der Waals surface area (Å²) in [6.07, 6.45) is 5.45. The number of nitrogens with zero attached hydrogens (tertiary/aromatic N) is 3. The van der Waals surface area contributed by atoms with E-state index in [1.165, 1.54) is 6.20 Å². The van der Waals surface area contributed by atoms with Crippen molar-refractivity contribution in [3.05, 3.63) is 46.3 Å². The minimum absolute atomic E-state index is 0.250. The number of nitrogens with one attached hydrogen (secondary N) is 1. The van der Waals surface area contributed by atoms with Gasteiger partial charge in [-0.2, -0.15) is 0 Å². The Labute approximate surface area is 151 Å². The van der Waals surface area contributed by atoms with Crippen molar-refractivity contribution in [1.82, 2.24) is 9.97 Å². The molecule has 2 aromatic rings. The minimum atomic E-state index is -0.348. The van der Waals surface area contributed by atoms with Gasteiger partial charge in [-0.05, 0) is 37.0 Å². The van der Waals surface area contributed by atoms with Gasteiger partial charge in [0.05, 0.1) is 12.4 Å². The van der Waals surface area contributed by atoms with Crippen molar-refractivity contribution in [1.29, 1.82) is 0 Å². The first-order valence-electron chi connectivity index (χ1n) is 7.86. The third-order valence-electron chi connectivity index (χ3n) is 4.10. The average Bonchev–Trinajstić information content (AvgIpc) is 2.55. The van der Waals surface area contributed by atoms with Crippen molar-refractivity contribution in [3.8, 4) is 0 Å². The lowest BCUT2D eigenvalue weighted by Crippen LogP contribution is -2.33. The van der Waals surface area contributed by atoms with Crippen molar-refractivity contribution in [3.63, 3.8) is 0 Å². The van der Waals surface area contributed by atoms with Gasteiger partial charge in [0, 0.05) is 28.8 Å². The van der Waals surface area contributed by atoms with Gasteiger partial charge in [-0.15, -0.1) is 0 Å². The Kier molecular flexibility index (Phi) is 5.21. The zero-order valence-electron chi connectivity index (χ0n) is 13.3. The van der Waals surface area contributed by atoms with Gasteiger partial charge in [-0.3, -0.25) is 4.79 Å². The minimum Gasteiger partial charge on any atom is -0.355 e. The molecule has 1 aromatic carbocycles. The van der Waals surface area contributed by atoms with Gasteiger partial charge in [-0.25, -0.2) is 9.97 Å². The average molecular weight is 365 g/mol. The molecule has 1 saturated heterocycles. The van der Waals surface area contributed by atoms with E-state index >= 15 is 0 Å². The Bertz CT molecular complexity index is 708. The number of halogens is 2. The van der Waals surface area contributed by atoms with Gasteiger partial charge in [0.2, 0.25) is 0 Å². The number of carbonyl (C=O) groups excluding carboxylic acids is 1. The standard InChI is InChI=1S/C17H18Cl2N4O/c1-11-2-4-23(5-3-11)16-10-20-15(9-21-16)17(24)22-14-7-12(18)6-13(19)8-14/h6-11H,2-5H2,1H3,(H,22,24). The molecule has 7 heteroatoms. The van der Waals surface area contributed by atoms with Gasteiger partial charge in [0.1, 0.15) is 11.5 Å². The normalized spacial score (nSPS) is 15.4. The molecule has 1 amide bonds. The first-order valence-corrected chi connectivity index (χ1v) is 8.61. The fraction of sp³-hybridized carbons (Fsp3) is 0.353. The van der Waals surface area contributed by atoms with Gasteiger partial charge in [0.25, 0.3) is 5.91 Å². The van der Waals surface area contributed by atoms with E-state index in [1.807, 2.05) is 0 Å². The second kappa shape index (κ2) is 7.36. The SMILES string of the molecule is CC1CCN(c2cnc(C(=O)Nc3cc(Cl)cc(Cl)c3)cn2)CC1. The van der Waals surface area contributed by atoms with Crippen LogP contribution in [0.2, 0.25) is 10.0 Å². The molecule has 1 aliphatic heterocycles. The van der Waals surface area contributed by atoms with Crippen LogP contribution in [0.25, 0.3) is 0 Å². The van der Waals surface area contributed by atoms with Crippen molar-refractivity contribution < 1.29 is 4.79 Å². The number of amides is 1. The second-order valence-electron chi connectivity index (χ2n) is 6.04. The van der Waals surface area contributed by atoms with Crippen LogP contribution < -0.4 is 10.2 Å². The third kappa shape index (κ3) is 4.16. The van der Waals surface area contributed by atoms with E-state index in [9.17, 15) is 4.79 Å². The maximum Gasteiger partial charge on any atom is 0.275 e. The highest BCUT2D eigenvalue weighted by atomic mass is 35.5. The Morgan fingerprint density at radius 2 is 1.79 bits per heavy atom. The third-order valence-corrected chi connectivity index (χ3v) is 4.54. The number of hydrogen-bond donors (Lipinski definition) is 1. The van der Waals surface area contributed by atoms with Crippen LogP contribution in [0.5, 0.6) is 0 Å². The molecular formula is C17H18Cl2N4O. The molecule has 0 unspecified atom stereocenters. The predicted molar refractivity (Wildman–Crippen MR) is 97.1 cm³/mol. The summed E-state index contributed by atoms with van der Waals surface area (Å²) >= 11 is 11.9. The second-order valence-corrected chi connectivity index (χ2v) is 6.91. The molecule has 126 valence electrons. The number of piperidine rings is 1. The number of carbonyl (C=O) groups is 1. The molecule has 1 aliphatic rings. The van der Waals surface area contributed by atoms with Gasteiger partial charge in [-0.1, -0.05) is 30.1 Å². The van der Waals surface area contributed by atoms with Gasteiger partial charge < -0.3 is 10.2 Å². The van der Waals surface area contributed by atoms with Gasteiger partial charge >= 0.3 is 0 Å². The Balaban J connectivity index is 1.67. The Morgan fingerprint density at radius 1 is 1.12 bits per heavy atom. The van der Waals surface area contributed by atoms with Crippen LogP contribution in [-0.4, -0.2) is 29.0 Å².